The largest absolute Gasteiger partial charge is 0.441 e. The Kier molecular flexibility index (Phi) is 4.45. The summed E-state index contributed by atoms with van der Waals surface area (Å²) in [6.45, 7) is 1.75. The van der Waals surface area contributed by atoms with Crippen LogP contribution in [0, 0.1) is 12.8 Å². The highest BCUT2D eigenvalue weighted by atomic mass is 19.4. The lowest BCUT2D eigenvalue weighted by Gasteiger charge is -2.12. The van der Waals surface area contributed by atoms with Crippen molar-refractivity contribution in [2.45, 2.75) is 25.4 Å². The van der Waals surface area contributed by atoms with E-state index >= 15 is 0 Å². The number of aromatic nitrogens is 1. The van der Waals surface area contributed by atoms with Crippen LogP contribution in [0.3, 0.4) is 0 Å². The molecule has 4 nitrogen and oxygen atoms in total. The van der Waals surface area contributed by atoms with E-state index in [9.17, 15) is 18.0 Å². The van der Waals surface area contributed by atoms with Gasteiger partial charge in [-0.15, -0.1) is 0 Å². The first-order chi connectivity index (χ1) is 13.3. The molecule has 0 spiro atoms. The number of carbonyl (C=O) groups is 1. The Balaban J connectivity index is 1.43. The number of carbonyl (C=O) groups excluding carboxylic acids is 1. The summed E-state index contributed by atoms with van der Waals surface area (Å²) in [5.74, 6) is 0.0484. The minimum atomic E-state index is -4.42. The van der Waals surface area contributed by atoms with Crippen molar-refractivity contribution in [3.8, 4) is 11.3 Å². The van der Waals surface area contributed by atoms with Gasteiger partial charge in [0.25, 0.3) is 0 Å². The number of alkyl halides is 3. The molecule has 0 aliphatic heterocycles. The van der Waals surface area contributed by atoms with Gasteiger partial charge in [0.1, 0.15) is 0 Å². The molecular formula is C21H17F3N2O2. The van der Waals surface area contributed by atoms with Gasteiger partial charge < -0.3 is 9.73 Å². The fraction of sp³-hybridized carbons (Fsp3) is 0.238. The van der Waals surface area contributed by atoms with Gasteiger partial charge in [-0.05, 0) is 48.2 Å². The summed E-state index contributed by atoms with van der Waals surface area (Å²) >= 11 is 0. The van der Waals surface area contributed by atoms with Crippen molar-refractivity contribution >= 4 is 11.6 Å². The van der Waals surface area contributed by atoms with Gasteiger partial charge in [0.15, 0.2) is 11.7 Å². The third-order valence-corrected chi connectivity index (χ3v) is 4.85. The Bertz CT molecular complexity index is 1010. The van der Waals surface area contributed by atoms with Crippen LogP contribution in [0.15, 0.2) is 59.1 Å². The number of nitrogens with one attached hydrogen (secondary N) is 1. The van der Waals surface area contributed by atoms with Gasteiger partial charge in [-0.2, -0.15) is 13.2 Å². The van der Waals surface area contributed by atoms with Crippen molar-refractivity contribution in [1.29, 1.82) is 0 Å². The average Bonchev–Trinajstić information content (AvgIpc) is 3.36. The van der Waals surface area contributed by atoms with Crippen LogP contribution in [0.1, 0.15) is 29.4 Å². The van der Waals surface area contributed by atoms with E-state index in [-0.39, 0.29) is 11.5 Å². The van der Waals surface area contributed by atoms with Crippen LogP contribution in [0.5, 0.6) is 0 Å². The highest BCUT2D eigenvalue weighted by Crippen LogP contribution is 2.51. The predicted octanol–water partition coefficient (Wildman–Crippen LogP) is 5.41. The summed E-state index contributed by atoms with van der Waals surface area (Å²) in [5.41, 5.74) is 0.926. The van der Waals surface area contributed by atoms with Gasteiger partial charge in [-0.3, -0.25) is 4.79 Å². The molecular weight excluding hydrogens is 369 g/mol. The van der Waals surface area contributed by atoms with E-state index < -0.39 is 23.6 Å². The van der Waals surface area contributed by atoms with Crippen molar-refractivity contribution in [3.63, 3.8) is 0 Å². The van der Waals surface area contributed by atoms with Crippen molar-refractivity contribution in [2.24, 2.45) is 5.92 Å². The monoisotopic (exact) mass is 386 g/mol. The van der Waals surface area contributed by atoms with Crippen molar-refractivity contribution in [1.82, 2.24) is 4.98 Å². The molecule has 2 atom stereocenters. The maximum Gasteiger partial charge on any atom is 0.416 e. The normalized spacial score (nSPS) is 18.7. The number of aryl methyl sites for hydroxylation is 1. The van der Waals surface area contributed by atoms with Crippen LogP contribution >= 0.6 is 0 Å². The van der Waals surface area contributed by atoms with Gasteiger partial charge in [-0.1, -0.05) is 18.2 Å². The lowest BCUT2D eigenvalue weighted by atomic mass is 10.0. The molecule has 1 amide bonds. The number of anilines is 1. The van der Waals surface area contributed by atoms with Crippen LogP contribution < -0.4 is 5.32 Å². The second-order valence-corrected chi connectivity index (χ2v) is 6.84. The maximum atomic E-state index is 13.2. The quantitative estimate of drug-likeness (QED) is 0.652. The molecule has 1 saturated carbocycles. The Morgan fingerprint density at radius 2 is 1.86 bits per heavy atom. The minimum absolute atomic E-state index is 0.186. The number of hydrogen-bond acceptors (Lipinski definition) is 3. The molecule has 2 aromatic carbocycles. The van der Waals surface area contributed by atoms with Gasteiger partial charge in [-0.25, -0.2) is 4.98 Å². The molecule has 0 bridgehead atoms. The number of oxazole rings is 1. The molecule has 0 saturated heterocycles. The molecule has 1 N–H and O–H groups in total. The summed E-state index contributed by atoms with van der Waals surface area (Å²) in [4.78, 5) is 16.5. The van der Waals surface area contributed by atoms with E-state index in [1.807, 2.05) is 0 Å². The Morgan fingerprint density at radius 1 is 1.14 bits per heavy atom. The van der Waals surface area contributed by atoms with Crippen LogP contribution in [0.2, 0.25) is 0 Å². The summed E-state index contributed by atoms with van der Waals surface area (Å²) in [6, 6.07) is 12.5. The summed E-state index contributed by atoms with van der Waals surface area (Å²) in [6.07, 6.45) is -2.39. The fourth-order valence-corrected chi connectivity index (χ4v) is 3.35. The molecule has 0 radical (unpaired) electrons. The fourth-order valence-electron chi connectivity index (χ4n) is 3.35. The van der Waals surface area contributed by atoms with Crippen molar-refractivity contribution in [2.75, 3.05) is 5.32 Å². The molecule has 7 heteroatoms. The van der Waals surface area contributed by atoms with Gasteiger partial charge in [0.05, 0.1) is 11.8 Å². The summed E-state index contributed by atoms with van der Waals surface area (Å²) < 4.78 is 45.0. The van der Waals surface area contributed by atoms with E-state index in [0.29, 0.717) is 23.8 Å². The lowest BCUT2D eigenvalue weighted by molar-refractivity contribution is -0.138. The Hall–Kier alpha value is -3.09. The molecule has 1 aromatic heterocycles. The van der Waals surface area contributed by atoms with Crippen molar-refractivity contribution in [3.05, 3.63) is 71.7 Å². The minimum Gasteiger partial charge on any atom is -0.441 e. The van der Waals surface area contributed by atoms with Crippen LogP contribution in [0.25, 0.3) is 11.3 Å². The van der Waals surface area contributed by atoms with Crippen LogP contribution in [0.4, 0.5) is 18.9 Å². The smallest absolute Gasteiger partial charge is 0.416 e. The number of halogens is 3. The van der Waals surface area contributed by atoms with Gasteiger partial charge in [0, 0.05) is 24.1 Å². The summed E-state index contributed by atoms with van der Waals surface area (Å²) in [7, 11) is 0. The second-order valence-electron chi connectivity index (χ2n) is 6.84. The zero-order chi connectivity index (χ0) is 19.9. The zero-order valence-electron chi connectivity index (χ0n) is 15.0. The predicted molar refractivity (Wildman–Crippen MR) is 97.6 cm³/mol. The van der Waals surface area contributed by atoms with E-state index in [1.165, 1.54) is 12.1 Å². The number of nitrogens with zero attached hydrogens (tertiary/aromatic N) is 1. The van der Waals surface area contributed by atoms with Gasteiger partial charge >= 0.3 is 6.18 Å². The standard InChI is InChI=1S/C21H17F3N2O2/c1-12-25-11-19(28-12)13-6-8-14(9-7-13)26-20(27)17-10-16(17)15-4-2-3-5-18(15)21(22,23)24/h2-9,11,16-17H,10H2,1H3,(H,26,27)/t16-,17+/m0/s1. The molecule has 1 heterocycles. The molecule has 4 rings (SSSR count). The van der Waals surface area contributed by atoms with Crippen LogP contribution in [-0.4, -0.2) is 10.9 Å². The highest BCUT2D eigenvalue weighted by molar-refractivity contribution is 5.95. The average molecular weight is 386 g/mol. The Morgan fingerprint density at radius 3 is 2.50 bits per heavy atom. The first kappa shape index (κ1) is 18.3. The zero-order valence-corrected chi connectivity index (χ0v) is 15.0. The second kappa shape index (κ2) is 6.82. The van der Waals surface area contributed by atoms with Crippen LogP contribution in [-0.2, 0) is 11.0 Å². The molecule has 144 valence electrons. The molecule has 0 unspecified atom stereocenters. The van der Waals surface area contributed by atoms with E-state index in [4.69, 9.17) is 4.42 Å². The molecule has 1 fully saturated rings. The maximum absolute atomic E-state index is 13.2. The number of benzene rings is 2. The number of amides is 1. The first-order valence-corrected chi connectivity index (χ1v) is 8.83. The molecule has 28 heavy (non-hydrogen) atoms. The lowest BCUT2D eigenvalue weighted by Crippen LogP contribution is -2.15. The Labute approximate surface area is 159 Å². The first-order valence-electron chi connectivity index (χ1n) is 8.83. The molecule has 1 aliphatic rings. The topological polar surface area (TPSA) is 55.1 Å². The molecule has 1 aliphatic carbocycles. The highest BCUT2D eigenvalue weighted by Gasteiger charge is 2.47. The molecule has 3 aromatic rings. The van der Waals surface area contributed by atoms with E-state index in [1.54, 1.807) is 43.5 Å². The number of hydrogen-bond donors (Lipinski definition) is 1. The third kappa shape index (κ3) is 3.65. The van der Waals surface area contributed by atoms with Crippen molar-refractivity contribution < 1.29 is 22.4 Å². The third-order valence-electron chi connectivity index (χ3n) is 4.85. The van der Waals surface area contributed by atoms with E-state index in [0.717, 1.165) is 11.6 Å². The summed E-state index contributed by atoms with van der Waals surface area (Å²) in [5, 5.41) is 2.78. The SMILES string of the molecule is Cc1ncc(-c2ccc(NC(=O)[C@@H]3C[C@H]3c3ccccc3C(F)(F)F)cc2)o1. The number of rotatable bonds is 4. The van der Waals surface area contributed by atoms with E-state index in [2.05, 4.69) is 10.3 Å². The van der Waals surface area contributed by atoms with Gasteiger partial charge in [0.2, 0.25) is 5.91 Å².